The summed E-state index contributed by atoms with van der Waals surface area (Å²) in [5.74, 6) is 1.41. The van der Waals surface area contributed by atoms with Crippen LogP contribution in [0.4, 0.5) is 0 Å². The van der Waals surface area contributed by atoms with Crippen LogP contribution < -0.4 is 5.32 Å². The van der Waals surface area contributed by atoms with Gasteiger partial charge in [-0.25, -0.2) is 8.42 Å². The fraction of sp³-hybridized carbons (Fsp3) is 1.00. The third-order valence-electron chi connectivity index (χ3n) is 4.25. The highest BCUT2D eigenvalue weighted by molar-refractivity contribution is 7.92. The molecule has 3 unspecified atom stereocenters. The lowest BCUT2D eigenvalue weighted by molar-refractivity contribution is 0.225. The van der Waals surface area contributed by atoms with E-state index in [0.29, 0.717) is 18.5 Å². The SMILES string of the molecule is CC1CCC(C)C(NCC(C)(C)S(C)(=O)=O)C1. The van der Waals surface area contributed by atoms with Gasteiger partial charge in [0.15, 0.2) is 9.84 Å². The van der Waals surface area contributed by atoms with Crippen molar-refractivity contribution in [2.45, 2.75) is 57.7 Å². The summed E-state index contributed by atoms with van der Waals surface area (Å²) in [6.07, 6.45) is 5.04. The molecule has 0 saturated heterocycles. The zero-order valence-corrected chi connectivity index (χ0v) is 12.6. The molecule has 4 heteroatoms. The number of nitrogens with one attached hydrogen (secondary N) is 1. The number of hydrogen-bond donors (Lipinski definition) is 1. The summed E-state index contributed by atoms with van der Waals surface area (Å²) in [4.78, 5) is 0. The summed E-state index contributed by atoms with van der Waals surface area (Å²) in [6, 6.07) is 0.472. The monoisotopic (exact) mass is 261 g/mol. The van der Waals surface area contributed by atoms with Gasteiger partial charge < -0.3 is 5.32 Å². The van der Waals surface area contributed by atoms with Crippen LogP contribution >= 0.6 is 0 Å². The Morgan fingerprint density at radius 3 is 2.35 bits per heavy atom. The van der Waals surface area contributed by atoms with Gasteiger partial charge in [0, 0.05) is 18.8 Å². The number of rotatable bonds is 4. The minimum Gasteiger partial charge on any atom is -0.312 e. The first-order chi connectivity index (χ1) is 7.63. The minimum atomic E-state index is -3.00. The average Bonchev–Trinajstić information content (AvgIpc) is 2.18. The van der Waals surface area contributed by atoms with Crippen LogP contribution in [0.1, 0.15) is 47.0 Å². The molecule has 17 heavy (non-hydrogen) atoms. The maximum Gasteiger partial charge on any atom is 0.153 e. The van der Waals surface area contributed by atoms with Crippen LogP contribution in [0, 0.1) is 11.8 Å². The molecule has 0 heterocycles. The molecule has 0 bridgehead atoms. The van der Waals surface area contributed by atoms with Crippen molar-refractivity contribution in [2.24, 2.45) is 11.8 Å². The lowest BCUT2D eigenvalue weighted by Gasteiger charge is -2.35. The summed E-state index contributed by atoms with van der Waals surface area (Å²) in [5.41, 5.74) is 0. The maximum absolute atomic E-state index is 11.6. The molecule has 3 atom stereocenters. The zero-order valence-electron chi connectivity index (χ0n) is 11.8. The summed E-state index contributed by atoms with van der Waals surface area (Å²) >= 11 is 0. The van der Waals surface area contributed by atoms with Gasteiger partial charge >= 0.3 is 0 Å². The van der Waals surface area contributed by atoms with Crippen molar-refractivity contribution in [1.29, 1.82) is 0 Å². The third kappa shape index (κ3) is 3.95. The smallest absolute Gasteiger partial charge is 0.153 e. The number of hydrogen-bond acceptors (Lipinski definition) is 3. The summed E-state index contributed by atoms with van der Waals surface area (Å²) in [6.45, 7) is 8.69. The molecule has 0 amide bonds. The van der Waals surface area contributed by atoms with E-state index in [-0.39, 0.29) is 0 Å². The van der Waals surface area contributed by atoms with Crippen molar-refractivity contribution in [3.8, 4) is 0 Å². The van der Waals surface area contributed by atoms with Gasteiger partial charge in [0.05, 0.1) is 4.75 Å². The van der Waals surface area contributed by atoms with Crippen LogP contribution in [0.5, 0.6) is 0 Å². The summed E-state index contributed by atoms with van der Waals surface area (Å²) < 4.78 is 22.6. The van der Waals surface area contributed by atoms with Gasteiger partial charge in [-0.05, 0) is 38.5 Å². The molecule has 0 aromatic carbocycles. The first-order valence-electron chi connectivity index (χ1n) is 6.56. The van der Waals surface area contributed by atoms with Crippen LogP contribution in [-0.4, -0.2) is 32.0 Å². The molecule has 1 fully saturated rings. The standard InChI is InChI=1S/C13H27NO2S/c1-10-6-7-11(2)12(8-10)14-9-13(3,4)17(5,15)16/h10-12,14H,6-9H2,1-5H3. The molecular formula is C13H27NO2S. The molecule has 1 N–H and O–H groups in total. The Morgan fingerprint density at radius 1 is 1.24 bits per heavy atom. The second-order valence-electron chi connectivity index (χ2n) is 6.41. The van der Waals surface area contributed by atoms with Crippen molar-refractivity contribution < 1.29 is 8.42 Å². The third-order valence-corrected chi connectivity index (χ3v) is 6.40. The van der Waals surface area contributed by atoms with Crippen molar-refractivity contribution >= 4 is 9.84 Å². The van der Waals surface area contributed by atoms with Gasteiger partial charge in [0.1, 0.15) is 0 Å². The quantitative estimate of drug-likeness (QED) is 0.844. The van der Waals surface area contributed by atoms with Gasteiger partial charge in [-0.3, -0.25) is 0 Å². The molecule has 1 saturated carbocycles. The highest BCUT2D eigenvalue weighted by atomic mass is 32.2. The molecule has 3 nitrogen and oxygen atoms in total. The molecule has 0 aliphatic heterocycles. The zero-order chi connectivity index (χ0) is 13.3. The molecule has 0 aromatic heterocycles. The van der Waals surface area contributed by atoms with Crippen LogP contribution in [0.25, 0.3) is 0 Å². The largest absolute Gasteiger partial charge is 0.312 e. The fourth-order valence-corrected chi connectivity index (χ4v) is 2.67. The minimum absolute atomic E-state index is 0.472. The van der Waals surface area contributed by atoms with Crippen molar-refractivity contribution in [2.75, 3.05) is 12.8 Å². The molecule has 102 valence electrons. The molecule has 1 aliphatic carbocycles. The Labute approximate surface area is 106 Å². The highest BCUT2D eigenvalue weighted by Crippen LogP contribution is 2.28. The van der Waals surface area contributed by atoms with Crippen LogP contribution in [0.3, 0.4) is 0 Å². The molecule has 0 spiro atoms. The van der Waals surface area contributed by atoms with Crippen LogP contribution in [-0.2, 0) is 9.84 Å². The van der Waals surface area contributed by atoms with E-state index in [2.05, 4.69) is 19.2 Å². The van der Waals surface area contributed by atoms with E-state index in [1.165, 1.54) is 25.5 Å². The van der Waals surface area contributed by atoms with E-state index in [1.54, 1.807) is 13.8 Å². The van der Waals surface area contributed by atoms with Gasteiger partial charge in [-0.1, -0.05) is 20.3 Å². The lowest BCUT2D eigenvalue weighted by Crippen LogP contribution is -2.48. The second-order valence-corrected chi connectivity index (χ2v) is 9.06. The molecule has 0 radical (unpaired) electrons. The van der Waals surface area contributed by atoms with E-state index in [0.717, 1.165) is 5.92 Å². The van der Waals surface area contributed by atoms with Crippen molar-refractivity contribution in [1.82, 2.24) is 5.32 Å². The Kier molecular flexibility index (Phi) is 4.64. The van der Waals surface area contributed by atoms with Crippen LogP contribution in [0.15, 0.2) is 0 Å². The second kappa shape index (κ2) is 5.27. The molecule has 0 aromatic rings. The average molecular weight is 261 g/mol. The predicted molar refractivity (Wildman–Crippen MR) is 72.9 cm³/mol. The van der Waals surface area contributed by atoms with Gasteiger partial charge in [0.2, 0.25) is 0 Å². The Hall–Kier alpha value is -0.0900. The van der Waals surface area contributed by atoms with E-state index in [4.69, 9.17) is 0 Å². The lowest BCUT2D eigenvalue weighted by atomic mass is 9.80. The van der Waals surface area contributed by atoms with Gasteiger partial charge in [0.25, 0.3) is 0 Å². The summed E-state index contributed by atoms with van der Waals surface area (Å²) in [5, 5.41) is 3.47. The van der Waals surface area contributed by atoms with Crippen molar-refractivity contribution in [3.63, 3.8) is 0 Å². The van der Waals surface area contributed by atoms with E-state index >= 15 is 0 Å². The van der Waals surface area contributed by atoms with Gasteiger partial charge in [-0.15, -0.1) is 0 Å². The van der Waals surface area contributed by atoms with E-state index in [1.807, 2.05) is 0 Å². The predicted octanol–water partition coefficient (Wildman–Crippen LogP) is 2.22. The summed E-state index contributed by atoms with van der Waals surface area (Å²) in [7, 11) is -3.00. The van der Waals surface area contributed by atoms with E-state index in [9.17, 15) is 8.42 Å². The molecule has 1 aliphatic rings. The Balaban J connectivity index is 2.55. The van der Waals surface area contributed by atoms with E-state index < -0.39 is 14.6 Å². The fourth-order valence-electron chi connectivity index (χ4n) is 2.32. The Morgan fingerprint density at radius 2 is 1.82 bits per heavy atom. The normalized spacial score (nSPS) is 31.5. The first-order valence-corrected chi connectivity index (χ1v) is 8.45. The number of sulfone groups is 1. The molecule has 1 rings (SSSR count). The highest BCUT2D eigenvalue weighted by Gasteiger charge is 2.32. The molecular weight excluding hydrogens is 234 g/mol. The topological polar surface area (TPSA) is 46.2 Å². The Bertz CT molecular complexity index is 348. The van der Waals surface area contributed by atoms with Gasteiger partial charge in [-0.2, -0.15) is 0 Å². The maximum atomic E-state index is 11.6. The van der Waals surface area contributed by atoms with Crippen LogP contribution in [0.2, 0.25) is 0 Å². The van der Waals surface area contributed by atoms with Crippen molar-refractivity contribution in [3.05, 3.63) is 0 Å². The first kappa shape index (κ1) is 15.0.